The lowest BCUT2D eigenvalue weighted by Gasteiger charge is -2.25. The fourth-order valence-corrected chi connectivity index (χ4v) is 5.04. The van der Waals surface area contributed by atoms with Crippen LogP contribution in [0.2, 0.25) is 0 Å². The van der Waals surface area contributed by atoms with E-state index in [1.54, 1.807) is 0 Å². The smallest absolute Gasteiger partial charge is 0.260 e. The molecule has 1 aliphatic rings. The zero-order valence-electron chi connectivity index (χ0n) is 17.4. The lowest BCUT2D eigenvalue weighted by Crippen LogP contribution is -2.22. The number of amides is 1. The molecule has 3 aromatic carbocycles. The highest BCUT2D eigenvalue weighted by atomic mass is 32.1. The second-order valence-electron chi connectivity index (χ2n) is 7.30. The van der Waals surface area contributed by atoms with Gasteiger partial charge in [0.1, 0.15) is 17.2 Å². The Morgan fingerprint density at radius 3 is 2.47 bits per heavy atom. The average Bonchev–Trinajstić information content (AvgIpc) is 3.14. The van der Waals surface area contributed by atoms with E-state index in [1.165, 1.54) is 11.3 Å². The van der Waals surface area contributed by atoms with E-state index in [4.69, 9.17) is 15.9 Å². The first-order chi connectivity index (χ1) is 15.7. The number of thiazole rings is 1. The molecule has 4 aromatic rings. The third-order valence-electron chi connectivity index (χ3n) is 5.35. The van der Waals surface area contributed by atoms with Crippen LogP contribution in [0.25, 0.3) is 10.2 Å². The van der Waals surface area contributed by atoms with Crippen molar-refractivity contribution >= 4 is 27.5 Å². The average molecular weight is 441 g/mol. The lowest BCUT2D eigenvalue weighted by molar-refractivity contribution is -0.118. The van der Waals surface area contributed by atoms with Gasteiger partial charge in [0.15, 0.2) is 4.80 Å². The van der Waals surface area contributed by atoms with Crippen molar-refractivity contribution in [3.8, 4) is 29.6 Å². The van der Waals surface area contributed by atoms with E-state index in [1.807, 2.05) is 78.2 Å². The second-order valence-corrected chi connectivity index (χ2v) is 8.31. The highest BCUT2D eigenvalue weighted by molar-refractivity contribution is 7.16. The second kappa shape index (κ2) is 8.37. The Kier molecular flexibility index (Phi) is 5.26. The van der Waals surface area contributed by atoms with Crippen LogP contribution in [0.5, 0.6) is 17.2 Å². The van der Waals surface area contributed by atoms with Gasteiger partial charge in [0.25, 0.3) is 5.91 Å². The zero-order chi connectivity index (χ0) is 22.1. The van der Waals surface area contributed by atoms with E-state index in [0.29, 0.717) is 29.5 Å². The van der Waals surface area contributed by atoms with Crippen LogP contribution in [0.3, 0.4) is 0 Å². The van der Waals surface area contributed by atoms with Crippen molar-refractivity contribution in [3.63, 3.8) is 0 Å². The summed E-state index contributed by atoms with van der Waals surface area (Å²) in [6.45, 7) is 2.85. The van der Waals surface area contributed by atoms with Crippen LogP contribution in [-0.2, 0) is 11.3 Å². The molecule has 0 N–H and O–H groups in total. The van der Waals surface area contributed by atoms with Crippen LogP contribution >= 0.6 is 11.3 Å². The van der Waals surface area contributed by atoms with E-state index < -0.39 is 5.92 Å². The molecule has 32 heavy (non-hydrogen) atoms. The van der Waals surface area contributed by atoms with Gasteiger partial charge in [-0.15, -0.1) is 6.42 Å². The molecule has 1 amide bonds. The summed E-state index contributed by atoms with van der Waals surface area (Å²) >= 11 is 1.43. The molecule has 6 heteroatoms. The summed E-state index contributed by atoms with van der Waals surface area (Å²) in [5, 5.41) is 0. The maximum atomic E-state index is 13.6. The molecule has 2 heterocycles. The fraction of sp³-hybridized carbons (Fsp3) is 0.154. The number of benzene rings is 3. The molecule has 0 unspecified atom stereocenters. The predicted octanol–water partition coefficient (Wildman–Crippen LogP) is 5.10. The maximum absolute atomic E-state index is 13.6. The molecule has 0 saturated carbocycles. The normalized spacial score (nSPS) is 13.2. The monoisotopic (exact) mass is 440 g/mol. The minimum absolute atomic E-state index is 0.254. The maximum Gasteiger partial charge on any atom is 0.260 e. The van der Waals surface area contributed by atoms with E-state index in [-0.39, 0.29) is 5.91 Å². The largest absolute Gasteiger partial charge is 0.494 e. The number of ether oxygens (including phenoxy) is 2. The molecule has 0 saturated heterocycles. The molecular formula is C26H20N2O3S. The molecule has 0 fully saturated rings. The summed E-state index contributed by atoms with van der Waals surface area (Å²) in [6, 6.07) is 21.0. The first kappa shape index (κ1) is 20.1. The molecular weight excluding hydrogens is 420 g/mol. The Balaban J connectivity index is 1.65. The van der Waals surface area contributed by atoms with Gasteiger partial charge in [0.2, 0.25) is 0 Å². The highest BCUT2D eigenvalue weighted by Crippen LogP contribution is 2.44. The van der Waals surface area contributed by atoms with Gasteiger partial charge in [0.05, 0.1) is 29.3 Å². The topological polar surface area (TPSA) is 52.8 Å². The zero-order valence-corrected chi connectivity index (χ0v) is 18.3. The van der Waals surface area contributed by atoms with E-state index >= 15 is 0 Å². The number of terminal acetylenes is 1. The number of fused-ring (bicyclic) bond motifs is 3. The minimum atomic E-state index is -0.542. The molecule has 1 aliphatic heterocycles. The summed E-state index contributed by atoms with van der Waals surface area (Å²) in [6.07, 6.45) is 5.62. The third-order valence-corrected chi connectivity index (χ3v) is 6.39. The Bertz CT molecular complexity index is 1400. The summed E-state index contributed by atoms with van der Waals surface area (Å²) in [5.74, 6) is 4.00. The lowest BCUT2D eigenvalue weighted by atomic mass is 9.87. The van der Waals surface area contributed by atoms with Crippen LogP contribution in [-0.4, -0.2) is 17.1 Å². The molecule has 158 valence electrons. The molecule has 0 atom stereocenters. The Morgan fingerprint density at radius 2 is 1.81 bits per heavy atom. The molecule has 1 aromatic heterocycles. The van der Waals surface area contributed by atoms with Crippen molar-refractivity contribution in [1.82, 2.24) is 4.57 Å². The van der Waals surface area contributed by atoms with Crippen molar-refractivity contribution in [2.24, 2.45) is 4.99 Å². The van der Waals surface area contributed by atoms with Crippen LogP contribution in [0, 0.1) is 12.3 Å². The van der Waals surface area contributed by atoms with Gasteiger partial charge in [-0.1, -0.05) is 53.7 Å². The van der Waals surface area contributed by atoms with Crippen molar-refractivity contribution in [1.29, 1.82) is 0 Å². The molecule has 5 nitrogen and oxygen atoms in total. The molecule has 0 aliphatic carbocycles. The van der Waals surface area contributed by atoms with Crippen LogP contribution < -0.4 is 14.3 Å². The van der Waals surface area contributed by atoms with Crippen molar-refractivity contribution in [2.75, 3.05) is 6.61 Å². The number of aromatic nitrogens is 1. The van der Waals surface area contributed by atoms with Crippen LogP contribution in [0.1, 0.15) is 24.0 Å². The summed E-state index contributed by atoms with van der Waals surface area (Å²) in [5.41, 5.74) is 2.54. The minimum Gasteiger partial charge on any atom is -0.494 e. The third kappa shape index (κ3) is 3.47. The van der Waals surface area contributed by atoms with Gasteiger partial charge in [-0.05, 0) is 37.3 Å². The summed E-state index contributed by atoms with van der Waals surface area (Å²) in [7, 11) is 0. The highest BCUT2D eigenvalue weighted by Gasteiger charge is 2.32. The number of hydrogen-bond acceptors (Lipinski definition) is 4. The number of carbonyl (C=O) groups is 1. The number of rotatable bonds is 4. The summed E-state index contributed by atoms with van der Waals surface area (Å²) < 4.78 is 14.5. The Hall–Kier alpha value is -3.82. The standard InChI is InChI=1S/C26H20N2O3S/c1-3-15-28-20-14-13-17(30-4-2)16-23(20)32-26(28)27-25(29)24-18-9-5-7-11-21(18)31-22-12-8-6-10-19(22)24/h1,5-14,16,24H,4,15H2,2H3. The number of carbonyl (C=O) groups excluding carboxylic acids is 1. The van der Waals surface area contributed by atoms with Gasteiger partial charge in [-0.25, -0.2) is 0 Å². The quantitative estimate of drug-likeness (QED) is 0.415. The first-order valence-corrected chi connectivity index (χ1v) is 11.1. The Morgan fingerprint density at radius 1 is 1.12 bits per heavy atom. The predicted molar refractivity (Wildman–Crippen MR) is 125 cm³/mol. The molecule has 0 radical (unpaired) electrons. The van der Waals surface area contributed by atoms with Gasteiger partial charge < -0.3 is 14.0 Å². The van der Waals surface area contributed by atoms with Gasteiger partial charge in [0, 0.05) is 11.1 Å². The number of nitrogens with zero attached hydrogens (tertiary/aromatic N) is 2. The van der Waals surface area contributed by atoms with E-state index in [2.05, 4.69) is 10.9 Å². The SMILES string of the molecule is C#CCn1c(=NC(=O)C2c3ccccc3Oc3ccccc32)sc2cc(OCC)ccc21. The molecule has 5 rings (SSSR count). The van der Waals surface area contributed by atoms with Crippen molar-refractivity contribution < 1.29 is 14.3 Å². The number of hydrogen-bond donors (Lipinski definition) is 0. The van der Waals surface area contributed by atoms with Crippen molar-refractivity contribution in [2.45, 2.75) is 19.4 Å². The van der Waals surface area contributed by atoms with E-state index in [0.717, 1.165) is 27.1 Å². The van der Waals surface area contributed by atoms with Gasteiger partial charge >= 0.3 is 0 Å². The van der Waals surface area contributed by atoms with E-state index in [9.17, 15) is 4.79 Å². The first-order valence-electron chi connectivity index (χ1n) is 10.3. The molecule has 0 bridgehead atoms. The Labute approximate surface area is 189 Å². The summed E-state index contributed by atoms with van der Waals surface area (Å²) in [4.78, 5) is 18.7. The number of para-hydroxylation sites is 2. The van der Waals surface area contributed by atoms with Gasteiger partial charge in [-0.2, -0.15) is 4.99 Å². The fourth-order valence-electron chi connectivity index (χ4n) is 3.97. The van der Waals surface area contributed by atoms with Crippen LogP contribution in [0.4, 0.5) is 0 Å². The molecule has 0 spiro atoms. The van der Waals surface area contributed by atoms with Crippen LogP contribution in [0.15, 0.2) is 71.7 Å². The van der Waals surface area contributed by atoms with Crippen molar-refractivity contribution in [3.05, 3.63) is 82.7 Å². The van der Waals surface area contributed by atoms with Gasteiger partial charge in [-0.3, -0.25) is 4.79 Å².